The number of hydrogen-bond donors (Lipinski definition) is 2. The van der Waals surface area contributed by atoms with Crippen LogP contribution in [0, 0.1) is 6.92 Å². The monoisotopic (exact) mass is 400 g/mol. The lowest BCUT2D eigenvalue weighted by Gasteiger charge is -2.27. The molecule has 9 heteroatoms. The predicted molar refractivity (Wildman–Crippen MR) is 104 cm³/mol. The number of aliphatic hydroxyl groups excluding tert-OH is 1. The van der Waals surface area contributed by atoms with Gasteiger partial charge in [0.25, 0.3) is 6.43 Å². The zero-order valence-corrected chi connectivity index (χ0v) is 16.0. The Bertz CT molecular complexity index is 993. The summed E-state index contributed by atoms with van der Waals surface area (Å²) in [5.74, 6) is 0.770. The summed E-state index contributed by atoms with van der Waals surface area (Å²) in [4.78, 5) is 8.61. The van der Waals surface area contributed by atoms with Crippen molar-refractivity contribution in [1.29, 1.82) is 0 Å². The van der Waals surface area contributed by atoms with Gasteiger partial charge >= 0.3 is 0 Å². The normalized spacial score (nSPS) is 19.5. The van der Waals surface area contributed by atoms with Gasteiger partial charge in [-0.05, 0) is 49.6 Å². The average molecular weight is 400 g/mol. The molecule has 1 saturated carbocycles. The molecule has 3 aromatic rings. The van der Waals surface area contributed by atoms with Gasteiger partial charge in [0.05, 0.1) is 24.0 Å². The molecule has 0 radical (unpaired) electrons. The van der Waals surface area contributed by atoms with Crippen LogP contribution in [0.15, 0.2) is 36.7 Å². The van der Waals surface area contributed by atoms with Gasteiger partial charge in [0.15, 0.2) is 0 Å². The number of aryl methyl sites for hydroxylation is 1. The Labute approximate surface area is 166 Å². The largest absolute Gasteiger partial charge is 0.391 e. The summed E-state index contributed by atoms with van der Waals surface area (Å²) in [7, 11) is 0. The minimum atomic E-state index is -2.57. The van der Waals surface area contributed by atoms with Gasteiger partial charge in [0.2, 0.25) is 0 Å². The number of halogens is 2. The van der Waals surface area contributed by atoms with Crippen molar-refractivity contribution in [3.8, 4) is 11.4 Å². The Morgan fingerprint density at radius 1 is 1.14 bits per heavy atom. The maximum Gasteiger partial charge on any atom is 0.264 e. The minimum Gasteiger partial charge on any atom is -0.391 e. The highest BCUT2D eigenvalue weighted by Crippen LogP contribution is 2.29. The topological polar surface area (TPSA) is 88.8 Å². The lowest BCUT2D eigenvalue weighted by atomic mass is 9.93. The van der Waals surface area contributed by atoms with Crippen LogP contribution < -0.4 is 5.32 Å². The van der Waals surface area contributed by atoms with Gasteiger partial charge in [-0.3, -0.25) is 0 Å². The second kappa shape index (κ2) is 8.20. The van der Waals surface area contributed by atoms with E-state index in [9.17, 15) is 13.9 Å². The highest BCUT2D eigenvalue weighted by atomic mass is 19.3. The predicted octanol–water partition coefficient (Wildman–Crippen LogP) is 4.20. The van der Waals surface area contributed by atoms with Crippen LogP contribution in [-0.2, 0) is 0 Å². The maximum absolute atomic E-state index is 12.9. The summed E-state index contributed by atoms with van der Waals surface area (Å²) in [6.07, 6.45) is 3.85. The summed E-state index contributed by atoms with van der Waals surface area (Å²) in [6.45, 7) is 1.91. The molecule has 29 heavy (non-hydrogen) atoms. The van der Waals surface area contributed by atoms with Gasteiger partial charge in [0, 0.05) is 11.8 Å². The summed E-state index contributed by atoms with van der Waals surface area (Å²) in [5, 5.41) is 21.6. The van der Waals surface area contributed by atoms with Gasteiger partial charge < -0.3 is 10.4 Å². The molecule has 0 spiro atoms. The van der Waals surface area contributed by atoms with Crippen molar-refractivity contribution < 1.29 is 13.9 Å². The molecule has 152 valence electrons. The zero-order chi connectivity index (χ0) is 20.4. The van der Waals surface area contributed by atoms with Gasteiger partial charge in [-0.15, -0.1) is 5.10 Å². The Hall–Kier alpha value is -2.94. The third kappa shape index (κ3) is 4.40. The lowest BCUT2D eigenvalue weighted by molar-refractivity contribution is 0.0685. The summed E-state index contributed by atoms with van der Waals surface area (Å²) in [6, 6.07) is 6.18. The molecular weight excluding hydrogens is 378 g/mol. The molecule has 0 bridgehead atoms. The molecule has 3 aromatic heterocycles. The van der Waals surface area contributed by atoms with Crippen LogP contribution in [0.3, 0.4) is 0 Å². The molecule has 4 rings (SSSR count). The Balaban J connectivity index is 1.58. The summed E-state index contributed by atoms with van der Waals surface area (Å²) < 4.78 is 27.5. The van der Waals surface area contributed by atoms with Gasteiger partial charge in [-0.2, -0.15) is 0 Å². The van der Waals surface area contributed by atoms with Crippen molar-refractivity contribution in [2.45, 2.75) is 51.2 Å². The summed E-state index contributed by atoms with van der Waals surface area (Å²) in [5.41, 5.74) is 2.01. The number of rotatable bonds is 5. The molecule has 3 heterocycles. The van der Waals surface area contributed by atoms with E-state index in [4.69, 9.17) is 0 Å². The van der Waals surface area contributed by atoms with Crippen LogP contribution in [0.4, 0.5) is 20.4 Å². The van der Waals surface area contributed by atoms with Crippen molar-refractivity contribution in [2.24, 2.45) is 0 Å². The van der Waals surface area contributed by atoms with E-state index in [-0.39, 0.29) is 11.6 Å². The van der Waals surface area contributed by atoms with Gasteiger partial charge in [0.1, 0.15) is 17.3 Å². The zero-order valence-electron chi connectivity index (χ0n) is 16.0. The van der Waals surface area contributed by atoms with E-state index >= 15 is 0 Å². The van der Waals surface area contributed by atoms with Gasteiger partial charge in [-0.1, -0.05) is 18.1 Å². The van der Waals surface area contributed by atoms with Crippen molar-refractivity contribution in [3.63, 3.8) is 0 Å². The van der Waals surface area contributed by atoms with E-state index in [0.29, 0.717) is 23.0 Å². The van der Waals surface area contributed by atoms with E-state index in [1.54, 1.807) is 16.9 Å². The Morgan fingerprint density at radius 2 is 1.97 bits per heavy atom. The maximum atomic E-state index is 12.9. The number of hydrogen-bond acceptors (Lipinski definition) is 6. The quantitative estimate of drug-likeness (QED) is 0.667. The number of pyridine rings is 2. The third-order valence-electron chi connectivity index (χ3n) is 5.07. The SMILES string of the molecule is Cc1cc(Nc2cc(C(F)F)ccn2)nc(-c2cn(C3CCCCC3O)nn2)c1. The van der Waals surface area contributed by atoms with Crippen molar-refractivity contribution >= 4 is 11.6 Å². The molecule has 7 nitrogen and oxygen atoms in total. The number of aromatic nitrogens is 5. The molecule has 1 aliphatic carbocycles. The van der Waals surface area contributed by atoms with Crippen LogP contribution in [0.5, 0.6) is 0 Å². The van der Waals surface area contributed by atoms with E-state index in [0.717, 1.165) is 31.2 Å². The number of aliphatic hydroxyl groups is 1. The molecule has 0 aliphatic heterocycles. The first kappa shape index (κ1) is 19.4. The fourth-order valence-corrected chi connectivity index (χ4v) is 3.60. The summed E-state index contributed by atoms with van der Waals surface area (Å²) >= 11 is 0. The molecule has 2 N–H and O–H groups in total. The highest BCUT2D eigenvalue weighted by Gasteiger charge is 2.26. The first-order valence-electron chi connectivity index (χ1n) is 9.59. The number of nitrogens with one attached hydrogen (secondary N) is 1. The van der Waals surface area contributed by atoms with Crippen molar-refractivity contribution in [1.82, 2.24) is 25.0 Å². The van der Waals surface area contributed by atoms with Crippen molar-refractivity contribution in [3.05, 3.63) is 47.8 Å². The molecule has 0 amide bonds. The van der Waals surface area contributed by atoms with Crippen LogP contribution in [0.1, 0.15) is 49.3 Å². The first-order valence-corrected chi connectivity index (χ1v) is 9.59. The van der Waals surface area contributed by atoms with E-state index < -0.39 is 12.5 Å². The minimum absolute atomic E-state index is 0.0753. The average Bonchev–Trinajstić information content (AvgIpc) is 3.18. The molecule has 2 atom stereocenters. The fourth-order valence-electron chi connectivity index (χ4n) is 3.60. The standard InChI is InChI=1S/C20H22F2N6O/c1-12-8-14(15-11-28(27-26-15)16-4-2-3-5-17(16)29)24-19(9-12)25-18-10-13(20(21)22)6-7-23-18/h6-11,16-17,20,29H,2-5H2,1H3,(H,23,24,25). The Kier molecular flexibility index (Phi) is 5.48. The number of nitrogens with zero attached hydrogens (tertiary/aromatic N) is 5. The van der Waals surface area contributed by atoms with Crippen LogP contribution in [0.25, 0.3) is 11.4 Å². The molecule has 0 saturated heterocycles. The van der Waals surface area contributed by atoms with Gasteiger partial charge in [-0.25, -0.2) is 23.4 Å². The van der Waals surface area contributed by atoms with E-state index in [1.807, 2.05) is 13.0 Å². The Morgan fingerprint density at radius 3 is 2.76 bits per heavy atom. The van der Waals surface area contributed by atoms with Crippen molar-refractivity contribution in [2.75, 3.05) is 5.32 Å². The molecule has 1 fully saturated rings. The second-order valence-corrected chi connectivity index (χ2v) is 7.32. The molecule has 2 unspecified atom stereocenters. The molecular formula is C20H22F2N6O. The van der Waals surface area contributed by atoms with Crippen LogP contribution in [-0.4, -0.2) is 36.2 Å². The first-order chi connectivity index (χ1) is 14.0. The molecule has 1 aliphatic rings. The second-order valence-electron chi connectivity index (χ2n) is 7.32. The smallest absolute Gasteiger partial charge is 0.264 e. The fraction of sp³-hybridized carbons (Fsp3) is 0.400. The van der Waals surface area contributed by atoms with E-state index in [1.165, 1.54) is 18.3 Å². The van der Waals surface area contributed by atoms with Crippen LogP contribution in [0.2, 0.25) is 0 Å². The van der Waals surface area contributed by atoms with E-state index in [2.05, 4.69) is 25.6 Å². The van der Waals surface area contributed by atoms with Crippen LogP contribution >= 0.6 is 0 Å². The lowest BCUT2D eigenvalue weighted by Crippen LogP contribution is -2.27. The number of anilines is 2. The number of alkyl halides is 2. The molecule has 0 aromatic carbocycles. The highest BCUT2D eigenvalue weighted by molar-refractivity contribution is 5.61. The third-order valence-corrected chi connectivity index (χ3v) is 5.07.